The first-order chi connectivity index (χ1) is 7.11. The van der Waals surface area contributed by atoms with Crippen molar-refractivity contribution in [1.29, 1.82) is 0 Å². The van der Waals surface area contributed by atoms with E-state index in [0.717, 1.165) is 0 Å². The minimum Gasteiger partial charge on any atom is -0.507 e. The van der Waals surface area contributed by atoms with E-state index >= 15 is 0 Å². The highest BCUT2D eigenvalue weighted by atomic mass is 16.3. The number of hydrogen-bond acceptors (Lipinski definition) is 3. The summed E-state index contributed by atoms with van der Waals surface area (Å²) in [4.78, 5) is 11.9. The van der Waals surface area contributed by atoms with Crippen LogP contribution in [0.25, 0.3) is 10.8 Å². The molecule has 0 aliphatic rings. The maximum atomic E-state index is 11.9. The molecule has 1 aromatic carbocycles. The summed E-state index contributed by atoms with van der Waals surface area (Å²) in [7, 11) is 0. The molecule has 15 heavy (non-hydrogen) atoms. The average Bonchev–Trinajstić information content (AvgIpc) is 2.17. The normalized spacial score (nSPS) is 11.1. The van der Waals surface area contributed by atoms with Crippen molar-refractivity contribution in [2.24, 2.45) is 0 Å². The third-order valence-electron chi connectivity index (χ3n) is 2.31. The fourth-order valence-corrected chi connectivity index (χ4v) is 1.56. The van der Waals surface area contributed by atoms with E-state index in [9.17, 15) is 9.90 Å². The molecule has 78 valence electrons. The number of benzene rings is 1. The first kappa shape index (κ1) is 9.71. The summed E-state index contributed by atoms with van der Waals surface area (Å²) in [6.45, 7) is 3.75. The number of aromatic nitrogens is 2. The van der Waals surface area contributed by atoms with Crippen LogP contribution in [0.5, 0.6) is 5.75 Å². The quantitative estimate of drug-likeness (QED) is 0.768. The van der Waals surface area contributed by atoms with E-state index in [1.165, 1.54) is 10.7 Å². The van der Waals surface area contributed by atoms with E-state index in [1.807, 2.05) is 13.8 Å². The molecule has 1 N–H and O–H groups in total. The van der Waals surface area contributed by atoms with Gasteiger partial charge in [0.2, 0.25) is 0 Å². The molecule has 0 radical (unpaired) electrons. The van der Waals surface area contributed by atoms with Gasteiger partial charge in [0.1, 0.15) is 5.75 Å². The number of hydrogen-bond donors (Lipinski definition) is 1. The third kappa shape index (κ3) is 1.48. The summed E-state index contributed by atoms with van der Waals surface area (Å²) in [6.07, 6.45) is 1.59. The second kappa shape index (κ2) is 3.38. The first-order valence-electron chi connectivity index (χ1n) is 4.81. The Morgan fingerprint density at radius 1 is 1.40 bits per heavy atom. The zero-order valence-electron chi connectivity index (χ0n) is 8.64. The van der Waals surface area contributed by atoms with Gasteiger partial charge in [0.25, 0.3) is 5.56 Å². The van der Waals surface area contributed by atoms with Crippen molar-refractivity contribution in [3.8, 4) is 5.75 Å². The number of nitrogens with zero attached hydrogens (tertiary/aromatic N) is 2. The van der Waals surface area contributed by atoms with Crippen molar-refractivity contribution in [2.45, 2.75) is 19.9 Å². The zero-order chi connectivity index (χ0) is 11.0. The fraction of sp³-hybridized carbons (Fsp3) is 0.273. The van der Waals surface area contributed by atoms with Crippen molar-refractivity contribution in [3.63, 3.8) is 0 Å². The SMILES string of the molecule is CC(C)n1ncc2cccc(O)c2c1=O. The maximum absolute atomic E-state index is 11.9. The van der Waals surface area contributed by atoms with Gasteiger partial charge in [-0.15, -0.1) is 0 Å². The highest BCUT2D eigenvalue weighted by Crippen LogP contribution is 2.19. The number of aromatic hydroxyl groups is 1. The molecule has 0 aliphatic carbocycles. The summed E-state index contributed by atoms with van der Waals surface area (Å²) in [5.74, 6) is 0.00861. The minimum absolute atomic E-state index is 0.00861. The van der Waals surface area contributed by atoms with Crippen LogP contribution >= 0.6 is 0 Å². The van der Waals surface area contributed by atoms with Crippen molar-refractivity contribution in [3.05, 3.63) is 34.7 Å². The van der Waals surface area contributed by atoms with Crippen LogP contribution in [0.3, 0.4) is 0 Å². The van der Waals surface area contributed by atoms with Crippen molar-refractivity contribution >= 4 is 10.8 Å². The Labute approximate surface area is 86.8 Å². The predicted molar refractivity (Wildman–Crippen MR) is 58.1 cm³/mol. The van der Waals surface area contributed by atoms with Crippen molar-refractivity contribution in [2.75, 3.05) is 0 Å². The Balaban J connectivity index is 2.90. The van der Waals surface area contributed by atoms with Gasteiger partial charge in [0.05, 0.1) is 17.6 Å². The molecular formula is C11H12N2O2. The van der Waals surface area contributed by atoms with E-state index in [4.69, 9.17) is 0 Å². The van der Waals surface area contributed by atoms with Crippen LogP contribution in [-0.4, -0.2) is 14.9 Å². The summed E-state index contributed by atoms with van der Waals surface area (Å²) >= 11 is 0. The van der Waals surface area contributed by atoms with E-state index in [-0.39, 0.29) is 17.4 Å². The lowest BCUT2D eigenvalue weighted by molar-refractivity contribution is 0.475. The Kier molecular flexibility index (Phi) is 2.19. The second-order valence-corrected chi connectivity index (χ2v) is 3.73. The summed E-state index contributed by atoms with van der Waals surface area (Å²) in [6, 6.07) is 4.95. The second-order valence-electron chi connectivity index (χ2n) is 3.73. The molecule has 2 rings (SSSR count). The Morgan fingerprint density at radius 2 is 2.13 bits per heavy atom. The molecule has 0 saturated heterocycles. The van der Waals surface area contributed by atoms with Crippen molar-refractivity contribution < 1.29 is 5.11 Å². The zero-order valence-corrected chi connectivity index (χ0v) is 8.64. The van der Waals surface area contributed by atoms with E-state index in [1.54, 1.807) is 18.3 Å². The standard InChI is InChI=1S/C11H12N2O2/c1-7(2)13-11(15)10-8(6-12-13)4-3-5-9(10)14/h3-7,14H,1-2H3. The summed E-state index contributed by atoms with van der Waals surface area (Å²) in [5, 5.41) is 14.7. The van der Waals surface area contributed by atoms with Crippen LogP contribution in [-0.2, 0) is 0 Å². The molecule has 0 atom stereocenters. The van der Waals surface area contributed by atoms with Gasteiger partial charge < -0.3 is 5.11 Å². The molecule has 0 fully saturated rings. The Morgan fingerprint density at radius 3 is 2.80 bits per heavy atom. The molecule has 4 nitrogen and oxygen atoms in total. The largest absolute Gasteiger partial charge is 0.507 e. The number of fused-ring (bicyclic) bond motifs is 1. The van der Waals surface area contributed by atoms with Gasteiger partial charge >= 0.3 is 0 Å². The average molecular weight is 204 g/mol. The molecule has 0 unspecified atom stereocenters. The molecule has 0 spiro atoms. The van der Waals surface area contributed by atoms with Gasteiger partial charge in [0.15, 0.2) is 0 Å². The van der Waals surface area contributed by atoms with Crippen LogP contribution in [0.15, 0.2) is 29.2 Å². The van der Waals surface area contributed by atoms with Gasteiger partial charge in [-0.1, -0.05) is 12.1 Å². The number of phenolic OH excluding ortho intramolecular Hbond substituents is 1. The third-order valence-corrected chi connectivity index (χ3v) is 2.31. The topological polar surface area (TPSA) is 55.1 Å². The highest BCUT2D eigenvalue weighted by molar-refractivity contribution is 5.86. The van der Waals surface area contributed by atoms with Crippen LogP contribution in [0.2, 0.25) is 0 Å². The number of rotatable bonds is 1. The molecule has 4 heteroatoms. The number of phenols is 1. The molecule has 2 aromatic rings. The molecular weight excluding hydrogens is 192 g/mol. The lowest BCUT2D eigenvalue weighted by Gasteiger charge is -2.09. The van der Waals surface area contributed by atoms with E-state index < -0.39 is 0 Å². The molecule has 0 saturated carbocycles. The first-order valence-corrected chi connectivity index (χ1v) is 4.81. The predicted octanol–water partition coefficient (Wildman–Crippen LogP) is 1.68. The van der Waals surface area contributed by atoms with Crippen molar-refractivity contribution in [1.82, 2.24) is 9.78 Å². The summed E-state index contributed by atoms with van der Waals surface area (Å²) in [5.41, 5.74) is -0.249. The van der Waals surface area contributed by atoms with Gasteiger partial charge in [-0.25, -0.2) is 4.68 Å². The van der Waals surface area contributed by atoms with Crippen LogP contribution in [0.4, 0.5) is 0 Å². The van der Waals surface area contributed by atoms with E-state index in [0.29, 0.717) is 10.8 Å². The minimum atomic E-state index is -0.249. The maximum Gasteiger partial charge on any atom is 0.278 e. The Hall–Kier alpha value is -1.84. The van der Waals surface area contributed by atoms with Gasteiger partial charge in [-0.05, 0) is 19.9 Å². The van der Waals surface area contributed by atoms with Crippen LogP contribution in [0.1, 0.15) is 19.9 Å². The molecule has 1 heterocycles. The Bertz CT molecular complexity index is 558. The molecule has 0 aliphatic heterocycles. The monoisotopic (exact) mass is 204 g/mol. The van der Waals surface area contributed by atoms with Crippen LogP contribution in [0, 0.1) is 0 Å². The molecule has 0 bridgehead atoms. The lowest BCUT2D eigenvalue weighted by atomic mass is 10.2. The fourth-order valence-electron chi connectivity index (χ4n) is 1.56. The van der Waals surface area contributed by atoms with E-state index in [2.05, 4.69) is 5.10 Å². The van der Waals surface area contributed by atoms with Gasteiger partial charge in [0, 0.05) is 5.39 Å². The highest BCUT2D eigenvalue weighted by Gasteiger charge is 2.09. The lowest BCUT2D eigenvalue weighted by Crippen LogP contribution is -2.24. The smallest absolute Gasteiger partial charge is 0.278 e. The van der Waals surface area contributed by atoms with Gasteiger partial charge in [-0.3, -0.25) is 4.79 Å². The molecule has 1 aromatic heterocycles. The van der Waals surface area contributed by atoms with Crippen LogP contribution < -0.4 is 5.56 Å². The molecule has 0 amide bonds. The van der Waals surface area contributed by atoms with Gasteiger partial charge in [-0.2, -0.15) is 5.10 Å². The summed E-state index contributed by atoms with van der Waals surface area (Å²) < 4.78 is 1.36.